The van der Waals surface area contributed by atoms with Crippen LogP contribution in [0.1, 0.15) is 70.2 Å². The maximum atomic E-state index is 13.2. The number of carbonyl (C=O) groups excluding carboxylic acids is 2. The summed E-state index contributed by atoms with van der Waals surface area (Å²) >= 11 is 0. The van der Waals surface area contributed by atoms with Crippen molar-refractivity contribution in [2.45, 2.75) is 72.4 Å². The number of hydrogen-bond acceptors (Lipinski definition) is 3. The van der Waals surface area contributed by atoms with E-state index in [1.54, 1.807) is 6.92 Å². The summed E-state index contributed by atoms with van der Waals surface area (Å²) in [5.41, 5.74) is 1.25. The molecule has 0 bridgehead atoms. The summed E-state index contributed by atoms with van der Waals surface area (Å²) in [6.07, 6.45) is 8.39. The molecule has 0 aliphatic heterocycles. The van der Waals surface area contributed by atoms with E-state index >= 15 is 0 Å². The molecule has 0 spiro atoms. The van der Waals surface area contributed by atoms with Gasteiger partial charge >= 0.3 is 5.97 Å². The van der Waals surface area contributed by atoms with Crippen molar-refractivity contribution in [2.75, 3.05) is 6.61 Å². The Labute approximate surface area is 173 Å². The molecule has 1 N–H and O–H groups in total. The molecule has 158 valence electrons. The van der Waals surface area contributed by atoms with E-state index in [0.29, 0.717) is 18.1 Å². The number of hydrogen-bond donors (Lipinski definition) is 1. The number of benzene rings is 1. The molecule has 0 saturated heterocycles. The standard InChI is InChI=1S/C24H34N2O3/c1-5-29-23(28)21(24(2,3)4)25-22(27)19-16-26(15-17-11-7-6-8-12-17)20-14-10-9-13-18(19)20/h9-10,13-14,16-17,21H,5-8,11-12,15H2,1-4H3,(H,25,27). The first kappa shape index (κ1) is 21.4. The molecule has 0 radical (unpaired) electrons. The third-order valence-corrected chi connectivity index (χ3v) is 5.88. The zero-order valence-corrected chi connectivity index (χ0v) is 18.2. The first-order valence-electron chi connectivity index (χ1n) is 10.9. The average molecular weight is 399 g/mol. The molecule has 1 atom stereocenters. The molecule has 5 nitrogen and oxygen atoms in total. The Bertz CT molecular complexity index is 857. The van der Waals surface area contributed by atoms with E-state index in [9.17, 15) is 9.59 Å². The maximum Gasteiger partial charge on any atom is 0.329 e. The number of para-hydroxylation sites is 1. The van der Waals surface area contributed by atoms with Gasteiger partial charge in [-0.05, 0) is 37.2 Å². The van der Waals surface area contributed by atoms with E-state index in [2.05, 4.69) is 16.0 Å². The fourth-order valence-corrected chi connectivity index (χ4v) is 4.29. The molecule has 1 saturated carbocycles. The second-order valence-electron chi connectivity index (χ2n) is 9.24. The summed E-state index contributed by atoms with van der Waals surface area (Å²) in [5.74, 6) is 0.0492. The lowest BCUT2D eigenvalue weighted by molar-refractivity contribution is -0.148. The predicted octanol–water partition coefficient (Wildman–Crippen LogP) is 4.93. The third-order valence-electron chi connectivity index (χ3n) is 5.88. The van der Waals surface area contributed by atoms with E-state index in [-0.39, 0.29) is 11.9 Å². The number of ether oxygens (including phenoxy) is 1. The number of nitrogens with zero attached hydrogens (tertiary/aromatic N) is 1. The summed E-state index contributed by atoms with van der Waals surface area (Å²) in [6.45, 7) is 8.80. The molecule has 1 fully saturated rings. The Morgan fingerprint density at radius 2 is 1.86 bits per heavy atom. The molecule has 1 aromatic heterocycles. The SMILES string of the molecule is CCOC(=O)C(NC(=O)c1cn(CC2CCCCC2)c2ccccc12)C(C)(C)C. The van der Waals surface area contributed by atoms with Crippen LogP contribution in [0, 0.1) is 11.3 Å². The fourth-order valence-electron chi connectivity index (χ4n) is 4.29. The number of amides is 1. The predicted molar refractivity (Wildman–Crippen MR) is 116 cm³/mol. The van der Waals surface area contributed by atoms with Crippen molar-refractivity contribution in [2.24, 2.45) is 11.3 Å². The van der Waals surface area contributed by atoms with Crippen LogP contribution in [-0.2, 0) is 16.1 Å². The van der Waals surface area contributed by atoms with Crippen molar-refractivity contribution in [3.63, 3.8) is 0 Å². The van der Waals surface area contributed by atoms with Gasteiger partial charge in [0.1, 0.15) is 6.04 Å². The summed E-state index contributed by atoms with van der Waals surface area (Å²) in [6, 6.07) is 7.32. The molecule has 1 aliphatic carbocycles. The van der Waals surface area contributed by atoms with Gasteiger partial charge in [-0.2, -0.15) is 0 Å². The molecule has 1 heterocycles. The van der Waals surface area contributed by atoms with Crippen LogP contribution >= 0.6 is 0 Å². The van der Waals surface area contributed by atoms with Gasteiger partial charge in [-0.25, -0.2) is 4.79 Å². The van der Waals surface area contributed by atoms with Crippen LogP contribution in [0.5, 0.6) is 0 Å². The largest absolute Gasteiger partial charge is 0.464 e. The molecule has 1 aliphatic rings. The summed E-state index contributed by atoms with van der Waals surface area (Å²) in [4.78, 5) is 25.6. The van der Waals surface area contributed by atoms with Crippen LogP contribution in [0.25, 0.3) is 10.9 Å². The number of fused-ring (bicyclic) bond motifs is 1. The topological polar surface area (TPSA) is 60.3 Å². The Morgan fingerprint density at radius 1 is 1.17 bits per heavy atom. The summed E-state index contributed by atoms with van der Waals surface area (Å²) in [5, 5.41) is 3.87. The summed E-state index contributed by atoms with van der Waals surface area (Å²) < 4.78 is 7.42. The highest BCUT2D eigenvalue weighted by Crippen LogP contribution is 2.29. The Morgan fingerprint density at radius 3 is 2.52 bits per heavy atom. The first-order valence-corrected chi connectivity index (χ1v) is 10.9. The normalized spacial score (nSPS) is 16.6. The van der Waals surface area contributed by atoms with Gasteiger partial charge in [-0.3, -0.25) is 4.79 Å². The second kappa shape index (κ2) is 9.02. The van der Waals surface area contributed by atoms with E-state index in [1.807, 2.05) is 45.2 Å². The summed E-state index contributed by atoms with van der Waals surface area (Å²) in [7, 11) is 0. The lowest BCUT2D eigenvalue weighted by atomic mass is 9.86. The molecular formula is C24H34N2O3. The van der Waals surface area contributed by atoms with Gasteiger partial charge in [-0.1, -0.05) is 58.2 Å². The Balaban J connectivity index is 1.88. The molecule has 29 heavy (non-hydrogen) atoms. The van der Waals surface area contributed by atoms with E-state index in [0.717, 1.165) is 17.4 Å². The molecule has 3 rings (SSSR count). The third kappa shape index (κ3) is 5.01. The number of esters is 1. The average Bonchev–Trinajstić information content (AvgIpc) is 3.05. The van der Waals surface area contributed by atoms with Gasteiger partial charge in [-0.15, -0.1) is 0 Å². The van der Waals surface area contributed by atoms with Crippen LogP contribution in [0.2, 0.25) is 0 Å². The van der Waals surface area contributed by atoms with Crippen molar-refractivity contribution in [3.8, 4) is 0 Å². The number of nitrogens with one attached hydrogen (secondary N) is 1. The van der Waals surface area contributed by atoms with Gasteiger partial charge in [0, 0.05) is 23.6 Å². The van der Waals surface area contributed by atoms with E-state index in [1.165, 1.54) is 32.1 Å². The van der Waals surface area contributed by atoms with Crippen molar-refractivity contribution in [3.05, 3.63) is 36.0 Å². The molecule has 1 amide bonds. The van der Waals surface area contributed by atoms with Crippen molar-refractivity contribution < 1.29 is 14.3 Å². The van der Waals surface area contributed by atoms with Crippen LogP contribution in [0.4, 0.5) is 0 Å². The minimum atomic E-state index is -0.699. The van der Waals surface area contributed by atoms with Gasteiger partial charge < -0.3 is 14.6 Å². The lowest BCUT2D eigenvalue weighted by Gasteiger charge is -2.29. The van der Waals surface area contributed by atoms with Crippen molar-refractivity contribution in [1.82, 2.24) is 9.88 Å². The van der Waals surface area contributed by atoms with Crippen LogP contribution in [0.3, 0.4) is 0 Å². The minimum Gasteiger partial charge on any atom is -0.464 e. The van der Waals surface area contributed by atoms with Gasteiger partial charge in [0.2, 0.25) is 0 Å². The highest BCUT2D eigenvalue weighted by Gasteiger charge is 2.34. The second-order valence-corrected chi connectivity index (χ2v) is 9.24. The van der Waals surface area contributed by atoms with Crippen LogP contribution in [-0.4, -0.2) is 29.1 Å². The van der Waals surface area contributed by atoms with Gasteiger partial charge in [0.25, 0.3) is 5.91 Å². The maximum absolute atomic E-state index is 13.2. The van der Waals surface area contributed by atoms with Crippen LogP contribution < -0.4 is 5.32 Å². The number of carbonyl (C=O) groups is 2. The molecule has 1 aromatic carbocycles. The zero-order chi connectivity index (χ0) is 21.0. The Hall–Kier alpha value is -2.30. The van der Waals surface area contributed by atoms with E-state index in [4.69, 9.17) is 4.74 Å². The number of aromatic nitrogens is 1. The minimum absolute atomic E-state index is 0.225. The number of rotatable bonds is 6. The van der Waals surface area contributed by atoms with Gasteiger partial charge in [0.15, 0.2) is 0 Å². The monoisotopic (exact) mass is 398 g/mol. The molecule has 1 unspecified atom stereocenters. The highest BCUT2D eigenvalue weighted by atomic mass is 16.5. The zero-order valence-electron chi connectivity index (χ0n) is 18.2. The van der Waals surface area contributed by atoms with Crippen molar-refractivity contribution in [1.29, 1.82) is 0 Å². The molecular weight excluding hydrogens is 364 g/mol. The smallest absolute Gasteiger partial charge is 0.329 e. The fraction of sp³-hybridized carbons (Fsp3) is 0.583. The van der Waals surface area contributed by atoms with Crippen molar-refractivity contribution >= 4 is 22.8 Å². The quantitative estimate of drug-likeness (QED) is 0.702. The molecule has 2 aromatic rings. The lowest BCUT2D eigenvalue weighted by Crippen LogP contribution is -2.49. The van der Waals surface area contributed by atoms with Crippen LogP contribution in [0.15, 0.2) is 30.5 Å². The molecule has 5 heteroatoms. The Kier molecular flexibility index (Phi) is 6.66. The van der Waals surface area contributed by atoms with E-state index < -0.39 is 11.5 Å². The first-order chi connectivity index (χ1) is 13.8. The highest BCUT2D eigenvalue weighted by molar-refractivity contribution is 6.08. The van der Waals surface area contributed by atoms with Gasteiger partial charge in [0.05, 0.1) is 12.2 Å².